The van der Waals surface area contributed by atoms with Crippen LogP contribution in [0.15, 0.2) is 12.3 Å². The van der Waals surface area contributed by atoms with Crippen LogP contribution in [0.25, 0.3) is 0 Å². The van der Waals surface area contributed by atoms with Crippen molar-refractivity contribution in [3.05, 3.63) is 28.5 Å². The third-order valence-corrected chi connectivity index (χ3v) is 2.33. The van der Waals surface area contributed by atoms with Gasteiger partial charge in [-0.25, -0.2) is 0 Å². The molecule has 0 radical (unpaired) electrons. The molecule has 3 heteroatoms. The van der Waals surface area contributed by atoms with Crippen molar-refractivity contribution in [2.75, 3.05) is 0 Å². The van der Waals surface area contributed by atoms with Gasteiger partial charge in [-0.15, -0.1) is 0 Å². The lowest BCUT2D eigenvalue weighted by atomic mass is 10.2. The molecule has 54 valence electrons. The largest absolute Gasteiger partial charge is 0.259 e. The topological polar surface area (TPSA) is 12.9 Å². The van der Waals surface area contributed by atoms with E-state index in [1.54, 1.807) is 6.20 Å². The predicted octanol–water partition coefficient (Wildman–Crippen LogP) is 2.94. The maximum absolute atomic E-state index is 5.90. The number of alkyl halides is 1. The Kier molecular flexibility index (Phi) is 2.69. The SMILES string of the molecule is Cc1ccnc(CBr)c1Cl. The second-order valence-electron chi connectivity index (χ2n) is 2.02. The van der Waals surface area contributed by atoms with E-state index in [1.165, 1.54) is 0 Å². The Bertz CT molecular complexity index is 237. The van der Waals surface area contributed by atoms with E-state index in [9.17, 15) is 0 Å². The summed E-state index contributed by atoms with van der Waals surface area (Å²) in [7, 11) is 0. The van der Waals surface area contributed by atoms with Crippen molar-refractivity contribution in [1.29, 1.82) is 0 Å². The molecule has 0 aromatic carbocycles. The molecule has 0 saturated heterocycles. The Hall–Kier alpha value is -0.0800. The molecular formula is C7H7BrClN. The fourth-order valence-electron chi connectivity index (χ4n) is 0.690. The smallest absolute Gasteiger partial charge is 0.0697 e. The molecule has 0 unspecified atom stereocenters. The molecule has 0 amide bonds. The Morgan fingerprint density at radius 3 is 2.90 bits per heavy atom. The normalized spacial score (nSPS) is 9.90. The van der Waals surface area contributed by atoms with E-state index >= 15 is 0 Å². The number of halogens is 2. The number of nitrogens with zero attached hydrogens (tertiary/aromatic N) is 1. The summed E-state index contributed by atoms with van der Waals surface area (Å²) in [5.74, 6) is 0. The van der Waals surface area contributed by atoms with E-state index < -0.39 is 0 Å². The summed E-state index contributed by atoms with van der Waals surface area (Å²) in [5.41, 5.74) is 1.98. The maximum atomic E-state index is 5.90. The lowest BCUT2D eigenvalue weighted by Crippen LogP contribution is -1.87. The minimum absolute atomic E-state index is 0.716. The molecule has 1 heterocycles. The number of hydrogen-bond donors (Lipinski definition) is 0. The molecule has 1 aromatic rings. The zero-order chi connectivity index (χ0) is 7.56. The van der Waals surface area contributed by atoms with Crippen molar-refractivity contribution >= 4 is 27.5 Å². The lowest BCUT2D eigenvalue weighted by Gasteiger charge is -2.00. The summed E-state index contributed by atoms with van der Waals surface area (Å²) in [4.78, 5) is 4.08. The molecule has 0 saturated carbocycles. The first-order valence-electron chi connectivity index (χ1n) is 2.91. The minimum Gasteiger partial charge on any atom is -0.259 e. The molecule has 10 heavy (non-hydrogen) atoms. The minimum atomic E-state index is 0.716. The van der Waals surface area contributed by atoms with Gasteiger partial charge in [-0.2, -0.15) is 0 Å². The highest BCUT2D eigenvalue weighted by atomic mass is 79.9. The van der Waals surface area contributed by atoms with Crippen molar-refractivity contribution in [2.24, 2.45) is 0 Å². The molecule has 0 atom stereocenters. The third kappa shape index (κ3) is 1.50. The van der Waals surface area contributed by atoms with Crippen molar-refractivity contribution in [3.8, 4) is 0 Å². The highest BCUT2D eigenvalue weighted by molar-refractivity contribution is 9.08. The van der Waals surface area contributed by atoms with Gasteiger partial charge in [-0.1, -0.05) is 27.5 Å². The number of aryl methyl sites for hydroxylation is 1. The zero-order valence-corrected chi connectivity index (χ0v) is 7.91. The molecule has 0 bridgehead atoms. The van der Waals surface area contributed by atoms with E-state index in [-0.39, 0.29) is 0 Å². The van der Waals surface area contributed by atoms with Crippen LogP contribution in [0.4, 0.5) is 0 Å². The lowest BCUT2D eigenvalue weighted by molar-refractivity contribution is 1.16. The van der Waals surface area contributed by atoms with Crippen LogP contribution in [0.1, 0.15) is 11.3 Å². The standard InChI is InChI=1S/C7H7BrClN/c1-5-2-3-10-6(4-8)7(5)9/h2-3H,4H2,1H3. The van der Waals surface area contributed by atoms with Gasteiger partial charge in [0.25, 0.3) is 0 Å². The zero-order valence-electron chi connectivity index (χ0n) is 5.56. The van der Waals surface area contributed by atoms with Crippen LogP contribution in [0.5, 0.6) is 0 Å². The number of aromatic nitrogens is 1. The van der Waals surface area contributed by atoms with E-state index in [2.05, 4.69) is 20.9 Å². The Morgan fingerprint density at radius 1 is 1.70 bits per heavy atom. The summed E-state index contributed by atoms with van der Waals surface area (Å²) in [6.45, 7) is 1.97. The van der Waals surface area contributed by atoms with Crippen LogP contribution >= 0.6 is 27.5 Å². The first-order valence-corrected chi connectivity index (χ1v) is 4.41. The molecule has 0 N–H and O–H groups in total. The molecule has 1 rings (SSSR count). The van der Waals surface area contributed by atoms with Crippen molar-refractivity contribution in [1.82, 2.24) is 4.98 Å². The highest BCUT2D eigenvalue weighted by Gasteiger charge is 2.00. The average Bonchev–Trinajstić information content (AvgIpc) is 1.95. The Morgan fingerprint density at radius 2 is 2.40 bits per heavy atom. The van der Waals surface area contributed by atoms with E-state index in [0.717, 1.165) is 16.3 Å². The van der Waals surface area contributed by atoms with Gasteiger partial charge in [0.1, 0.15) is 0 Å². The molecule has 0 aliphatic carbocycles. The van der Waals surface area contributed by atoms with Crippen molar-refractivity contribution in [2.45, 2.75) is 12.3 Å². The number of hydrogen-bond acceptors (Lipinski definition) is 1. The number of rotatable bonds is 1. The fourth-order valence-corrected chi connectivity index (χ4v) is 1.45. The van der Waals surface area contributed by atoms with E-state index in [0.29, 0.717) is 5.33 Å². The molecular weight excluding hydrogens is 213 g/mol. The van der Waals surface area contributed by atoms with Gasteiger partial charge >= 0.3 is 0 Å². The van der Waals surface area contributed by atoms with Crippen LogP contribution < -0.4 is 0 Å². The van der Waals surface area contributed by atoms with E-state index in [1.807, 2.05) is 13.0 Å². The van der Waals surface area contributed by atoms with Crippen LogP contribution in [0, 0.1) is 6.92 Å². The summed E-state index contributed by atoms with van der Waals surface area (Å²) in [6.07, 6.45) is 1.76. The van der Waals surface area contributed by atoms with Gasteiger partial charge < -0.3 is 0 Å². The first-order chi connectivity index (χ1) is 4.75. The molecule has 0 aliphatic rings. The van der Waals surface area contributed by atoms with Crippen LogP contribution in [0.2, 0.25) is 5.02 Å². The van der Waals surface area contributed by atoms with Gasteiger partial charge in [-0.05, 0) is 18.6 Å². The molecule has 0 spiro atoms. The summed E-state index contributed by atoms with van der Waals surface area (Å²) in [5, 5.41) is 1.48. The highest BCUT2D eigenvalue weighted by Crippen LogP contribution is 2.19. The molecule has 1 nitrogen and oxygen atoms in total. The van der Waals surface area contributed by atoms with Gasteiger partial charge in [-0.3, -0.25) is 4.98 Å². The summed E-state index contributed by atoms with van der Waals surface area (Å²) >= 11 is 9.20. The van der Waals surface area contributed by atoms with E-state index in [4.69, 9.17) is 11.6 Å². The second kappa shape index (κ2) is 3.35. The fraction of sp³-hybridized carbons (Fsp3) is 0.286. The summed E-state index contributed by atoms with van der Waals surface area (Å²) < 4.78 is 0. The average molecular weight is 220 g/mol. The molecule has 0 fully saturated rings. The Labute approximate surface area is 73.6 Å². The summed E-state index contributed by atoms with van der Waals surface area (Å²) in [6, 6.07) is 1.90. The first kappa shape index (κ1) is 8.02. The third-order valence-electron chi connectivity index (χ3n) is 1.28. The van der Waals surface area contributed by atoms with Crippen LogP contribution in [0.3, 0.4) is 0 Å². The van der Waals surface area contributed by atoms with Crippen LogP contribution in [-0.4, -0.2) is 4.98 Å². The van der Waals surface area contributed by atoms with Gasteiger partial charge in [0.15, 0.2) is 0 Å². The monoisotopic (exact) mass is 219 g/mol. The van der Waals surface area contributed by atoms with Crippen molar-refractivity contribution < 1.29 is 0 Å². The molecule has 1 aromatic heterocycles. The quantitative estimate of drug-likeness (QED) is 0.663. The Balaban J connectivity index is 3.14. The van der Waals surface area contributed by atoms with Crippen LogP contribution in [-0.2, 0) is 5.33 Å². The number of pyridine rings is 1. The molecule has 0 aliphatic heterocycles. The van der Waals surface area contributed by atoms with Gasteiger partial charge in [0, 0.05) is 11.5 Å². The maximum Gasteiger partial charge on any atom is 0.0697 e. The van der Waals surface area contributed by atoms with Crippen molar-refractivity contribution in [3.63, 3.8) is 0 Å². The second-order valence-corrected chi connectivity index (χ2v) is 2.96. The predicted molar refractivity (Wildman–Crippen MR) is 46.6 cm³/mol. The van der Waals surface area contributed by atoms with Gasteiger partial charge in [0.05, 0.1) is 10.7 Å². The van der Waals surface area contributed by atoms with Gasteiger partial charge in [0.2, 0.25) is 0 Å².